The molecule has 0 amide bonds. The quantitative estimate of drug-likeness (QED) is 0.899. The monoisotopic (exact) mass is 262 g/mol. The Hall–Kier alpha value is -2.21. The standard InChI is InChI=1S/C13H11FN2O3/c14-9-4-2-1-3-8(9)11-5-16-7-15-12(13(17)18)10(16)6-19-11/h1-4,7,11H,5-6H2,(H,17,18). The van der Waals surface area contributed by atoms with E-state index in [0.717, 1.165) is 0 Å². The Kier molecular flexibility index (Phi) is 2.79. The molecule has 0 radical (unpaired) electrons. The first-order valence-electron chi connectivity index (χ1n) is 5.80. The van der Waals surface area contributed by atoms with E-state index >= 15 is 0 Å². The van der Waals surface area contributed by atoms with Gasteiger partial charge in [0.1, 0.15) is 11.9 Å². The Morgan fingerprint density at radius 1 is 1.47 bits per heavy atom. The van der Waals surface area contributed by atoms with Gasteiger partial charge in [-0.25, -0.2) is 14.2 Å². The molecule has 98 valence electrons. The highest BCUT2D eigenvalue weighted by Gasteiger charge is 2.27. The van der Waals surface area contributed by atoms with Crippen LogP contribution in [-0.2, 0) is 17.9 Å². The summed E-state index contributed by atoms with van der Waals surface area (Å²) in [7, 11) is 0. The lowest BCUT2D eigenvalue weighted by Gasteiger charge is -2.25. The largest absolute Gasteiger partial charge is 0.476 e. The van der Waals surface area contributed by atoms with Crippen molar-refractivity contribution in [1.82, 2.24) is 9.55 Å². The van der Waals surface area contributed by atoms with Crippen LogP contribution < -0.4 is 0 Å². The Balaban J connectivity index is 1.91. The number of aromatic nitrogens is 2. The molecule has 0 fully saturated rings. The molecule has 6 heteroatoms. The fourth-order valence-corrected chi connectivity index (χ4v) is 2.23. The number of aromatic carboxylic acids is 1. The van der Waals surface area contributed by atoms with Crippen molar-refractivity contribution in [2.24, 2.45) is 0 Å². The van der Waals surface area contributed by atoms with Crippen LogP contribution in [0.4, 0.5) is 4.39 Å². The Bertz CT molecular complexity index is 639. The number of carboxylic acid groups (broad SMARTS) is 1. The highest BCUT2D eigenvalue weighted by molar-refractivity contribution is 5.86. The number of rotatable bonds is 2. The summed E-state index contributed by atoms with van der Waals surface area (Å²) in [6.07, 6.45) is 1.03. The van der Waals surface area contributed by atoms with Gasteiger partial charge in [-0.05, 0) is 6.07 Å². The smallest absolute Gasteiger partial charge is 0.356 e. The molecule has 1 aliphatic rings. The molecule has 5 nitrogen and oxygen atoms in total. The Morgan fingerprint density at radius 3 is 3.00 bits per heavy atom. The van der Waals surface area contributed by atoms with Crippen LogP contribution in [0, 0.1) is 5.82 Å². The van der Waals surface area contributed by atoms with Gasteiger partial charge in [0.05, 0.1) is 25.2 Å². The average molecular weight is 262 g/mol. The number of hydrogen-bond acceptors (Lipinski definition) is 3. The van der Waals surface area contributed by atoms with Crippen LogP contribution in [0.2, 0.25) is 0 Å². The second-order valence-electron chi connectivity index (χ2n) is 4.32. The van der Waals surface area contributed by atoms with E-state index in [1.54, 1.807) is 22.8 Å². The number of ether oxygens (including phenoxy) is 1. The van der Waals surface area contributed by atoms with Crippen molar-refractivity contribution in [3.63, 3.8) is 0 Å². The summed E-state index contributed by atoms with van der Waals surface area (Å²) in [5.74, 6) is -1.41. The first-order chi connectivity index (χ1) is 9.16. The molecule has 1 aromatic heterocycles. The third-order valence-electron chi connectivity index (χ3n) is 3.18. The molecular weight excluding hydrogens is 251 g/mol. The van der Waals surface area contributed by atoms with Crippen molar-refractivity contribution in [2.75, 3.05) is 0 Å². The van der Waals surface area contributed by atoms with Crippen LogP contribution in [0.3, 0.4) is 0 Å². The second-order valence-corrected chi connectivity index (χ2v) is 4.32. The topological polar surface area (TPSA) is 64.3 Å². The molecular formula is C13H11FN2O3. The fourth-order valence-electron chi connectivity index (χ4n) is 2.23. The Morgan fingerprint density at radius 2 is 2.26 bits per heavy atom. The third-order valence-corrected chi connectivity index (χ3v) is 3.18. The van der Waals surface area contributed by atoms with Crippen molar-refractivity contribution >= 4 is 5.97 Å². The molecule has 2 aromatic rings. The number of carbonyl (C=O) groups is 1. The van der Waals surface area contributed by atoms with Gasteiger partial charge >= 0.3 is 5.97 Å². The predicted octanol–water partition coefficient (Wildman–Crippen LogP) is 1.99. The van der Waals surface area contributed by atoms with Crippen LogP contribution in [0.5, 0.6) is 0 Å². The van der Waals surface area contributed by atoms with Gasteiger partial charge in [-0.1, -0.05) is 18.2 Å². The highest BCUT2D eigenvalue weighted by Crippen LogP contribution is 2.29. The molecule has 0 saturated carbocycles. The van der Waals surface area contributed by atoms with Crippen molar-refractivity contribution in [1.29, 1.82) is 0 Å². The summed E-state index contributed by atoms with van der Waals surface area (Å²) >= 11 is 0. The van der Waals surface area contributed by atoms with Gasteiger partial charge in [-0.15, -0.1) is 0 Å². The zero-order chi connectivity index (χ0) is 13.4. The first kappa shape index (κ1) is 11.9. The molecule has 1 unspecified atom stereocenters. The number of fused-ring (bicyclic) bond motifs is 1. The van der Waals surface area contributed by atoms with E-state index in [2.05, 4.69) is 4.98 Å². The fraction of sp³-hybridized carbons (Fsp3) is 0.231. The average Bonchev–Trinajstić information content (AvgIpc) is 2.82. The van der Waals surface area contributed by atoms with E-state index in [4.69, 9.17) is 9.84 Å². The zero-order valence-corrected chi connectivity index (χ0v) is 9.91. The van der Waals surface area contributed by atoms with Gasteiger partial charge < -0.3 is 14.4 Å². The van der Waals surface area contributed by atoms with Gasteiger partial charge in [-0.3, -0.25) is 0 Å². The third kappa shape index (κ3) is 2.00. The van der Waals surface area contributed by atoms with Crippen LogP contribution in [-0.4, -0.2) is 20.6 Å². The molecule has 0 spiro atoms. The summed E-state index contributed by atoms with van der Waals surface area (Å²) in [5, 5.41) is 8.97. The van der Waals surface area contributed by atoms with Crippen LogP contribution in [0.1, 0.15) is 27.8 Å². The summed E-state index contributed by atoms with van der Waals surface area (Å²) < 4.78 is 20.9. The van der Waals surface area contributed by atoms with Crippen LogP contribution in [0.25, 0.3) is 0 Å². The summed E-state index contributed by atoms with van der Waals surface area (Å²) in [6, 6.07) is 6.41. The summed E-state index contributed by atoms with van der Waals surface area (Å²) in [5.41, 5.74) is 0.978. The molecule has 19 heavy (non-hydrogen) atoms. The van der Waals surface area contributed by atoms with E-state index < -0.39 is 12.1 Å². The minimum absolute atomic E-state index is 0.00742. The van der Waals surface area contributed by atoms with Gasteiger partial charge in [0.2, 0.25) is 0 Å². The number of halogens is 1. The number of carboxylic acids is 1. The normalized spacial score (nSPS) is 18.1. The van der Waals surface area contributed by atoms with E-state index in [1.165, 1.54) is 12.4 Å². The zero-order valence-electron chi connectivity index (χ0n) is 9.91. The molecule has 1 atom stereocenters. The van der Waals surface area contributed by atoms with Gasteiger partial charge in [0.15, 0.2) is 5.69 Å². The molecule has 0 aliphatic carbocycles. The molecule has 0 bridgehead atoms. The van der Waals surface area contributed by atoms with Crippen molar-refractivity contribution in [2.45, 2.75) is 19.3 Å². The van der Waals surface area contributed by atoms with Crippen molar-refractivity contribution < 1.29 is 19.0 Å². The second kappa shape index (κ2) is 4.47. The van der Waals surface area contributed by atoms with Gasteiger partial charge in [-0.2, -0.15) is 0 Å². The van der Waals surface area contributed by atoms with E-state index in [1.807, 2.05) is 0 Å². The molecule has 2 heterocycles. The Labute approximate surface area is 108 Å². The SMILES string of the molecule is O=C(O)c1ncn2c1COC(c1ccccc1F)C2. The number of benzene rings is 1. The van der Waals surface area contributed by atoms with Gasteiger partial charge in [0.25, 0.3) is 0 Å². The number of nitrogens with zero attached hydrogens (tertiary/aromatic N) is 2. The predicted molar refractivity (Wildman–Crippen MR) is 63.1 cm³/mol. The van der Waals surface area contributed by atoms with Crippen molar-refractivity contribution in [3.05, 3.63) is 53.4 Å². The van der Waals surface area contributed by atoms with Crippen LogP contribution in [0.15, 0.2) is 30.6 Å². The van der Waals surface area contributed by atoms with E-state index in [0.29, 0.717) is 17.8 Å². The first-order valence-corrected chi connectivity index (χ1v) is 5.80. The molecule has 1 N–H and O–H groups in total. The minimum atomic E-state index is -1.08. The highest BCUT2D eigenvalue weighted by atomic mass is 19.1. The summed E-state index contributed by atoms with van der Waals surface area (Å²) in [6.45, 7) is 0.469. The number of hydrogen-bond donors (Lipinski definition) is 1. The molecule has 1 aromatic carbocycles. The molecule has 3 rings (SSSR count). The van der Waals surface area contributed by atoms with Crippen molar-refractivity contribution in [3.8, 4) is 0 Å². The maximum absolute atomic E-state index is 13.7. The lowest BCUT2D eigenvalue weighted by molar-refractivity contribution is 0.000189. The van der Waals surface area contributed by atoms with Crippen LogP contribution >= 0.6 is 0 Å². The van der Waals surface area contributed by atoms with E-state index in [9.17, 15) is 9.18 Å². The summed E-state index contributed by atoms with van der Waals surface area (Å²) in [4.78, 5) is 14.8. The van der Waals surface area contributed by atoms with E-state index in [-0.39, 0.29) is 18.1 Å². The maximum Gasteiger partial charge on any atom is 0.356 e. The minimum Gasteiger partial charge on any atom is -0.476 e. The number of imidazole rings is 1. The molecule has 1 aliphatic heterocycles. The maximum atomic E-state index is 13.7. The lowest BCUT2D eigenvalue weighted by atomic mass is 10.1. The lowest BCUT2D eigenvalue weighted by Crippen LogP contribution is -2.22. The molecule has 0 saturated heterocycles. The van der Waals surface area contributed by atoms with Gasteiger partial charge in [0, 0.05) is 5.56 Å².